The molecule has 4 rings (SSSR count). The molecule has 0 bridgehead atoms. The Hall–Kier alpha value is -3.29. The molecule has 194 valence electrons. The Labute approximate surface area is 236 Å². The molecule has 0 aliphatic heterocycles. The van der Waals surface area contributed by atoms with Gasteiger partial charge >= 0.3 is 0 Å². The largest absolute Gasteiger partial charge is 0.278 e. The zero-order chi connectivity index (χ0) is 27.5. The Morgan fingerprint density at radius 2 is 1.05 bits per heavy atom. The van der Waals surface area contributed by atoms with Gasteiger partial charge < -0.3 is 0 Å². The molecule has 4 aromatic rings. The van der Waals surface area contributed by atoms with Crippen LogP contribution in [0.1, 0.15) is 22.3 Å². The predicted molar refractivity (Wildman–Crippen MR) is 156 cm³/mol. The lowest BCUT2D eigenvalue weighted by atomic mass is 10.1. The number of aryl methyl sites for hydroxylation is 2. The van der Waals surface area contributed by atoms with Gasteiger partial charge in [-0.05, 0) is 74.5 Å². The lowest BCUT2D eigenvalue weighted by Crippen LogP contribution is -2.14. The first-order chi connectivity index (χ1) is 17.9. The molecule has 6 nitrogen and oxygen atoms in total. The Kier molecular flexibility index (Phi) is 8.19. The molecule has 0 saturated carbocycles. The number of benzene rings is 4. The Morgan fingerprint density at radius 3 is 1.53 bits per heavy atom. The molecule has 0 saturated heterocycles. The molecule has 0 atom stereocenters. The Morgan fingerprint density at radius 1 is 0.632 bits per heavy atom. The van der Waals surface area contributed by atoms with Gasteiger partial charge in [0.2, 0.25) is 0 Å². The van der Waals surface area contributed by atoms with Gasteiger partial charge in [-0.3, -0.25) is 9.44 Å². The Bertz CT molecular complexity index is 1650. The summed E-state index contributed by atoms with van der Waals surface area (Å²) in [6.07, 6.45) is 0. The summed E-state index contributed by atoms with van der Waals surface area (Å²) in [5, 5.41) is 0.363. The summed E-state index contributed by atoms with van der Waals surface area (Å²) < 4.78 is 57.7. The molecule has 0 aliphatic rings. The van der Waals surface area contributed by atoms with E-state index in [-0.39, 0.29) is 21.2 Å². The van der Waals surface area contributed by atoms with Gasteiger partial charge in [0.1, 0.15) is 0 Å². The van der Waals surface area contributed by atoms with Crippen molar-refractivity contribution in [1.82, 2.24) is 0 Å². The molecule has 4 aromatic carbocycles. The number of hydrogen-bond donors (Lipinski definition) is 2. The van der Waals surface area contributed by atoms with Gasteiger partial charge in [-0.2, -0.15) is 0 Å². The molecule has 10 heteroatoms. The van der Waals surface area contributed by atoms with Crippen molar-refractivity contribution in [3.63, 3.8) is 0 Å². The molecule has 0 spiro atoms. The van der Waals surface area contributed by atoms with Gasteiger partial charge in [0, 0.05) is 9.50 Å². The van der Waals surface area contributed by atoms with Crippen LogP contribution in [0.15, 0.2) is 99.2 Å². The van der Waals surface area contributed by atoms with Gasteiger partial charge in [-0.15, -0.1) is 0 Å². The second-order valence-corrected chi connectivity index (χ2v) is 13.2. The molecule has 0 fully saturated rings. The third kappa shape index (κ3) is 6.77. The van der Waals surface area contributed by atoms with Gasteiger partial charge in [0.05, 0.1) is 32.3 Å². The molecule has 0 heterocycles. The van der Waals surface area contributed by atoms with E-state index in [4.69, 9.17) is 11.6 Å². The smallest absolute Gasteiger partial charge is 0.261 e. The SMILES string of the molecule is Cc1ccc(S(=O)(=O)Nc2ccc(Cl)cc2C#Cc2cc(Br)ccc2NS(=O)(=O)c2ccc(C)cc2)cc1. The highest BCUT2D eigenvalue weighted by molar-refractivity contribution is 9.10. The van der Waals surface area contributed by atoms with Crippen LogP contribution in [0.4, 0.5) is 11.4 Å². The van der Waals surface area contributed by atoms with Crippen molar-refractivity contribution in [2.75, 3.05) is 9.44 Å². The topological polar surface area (TPSA) is 92.3 Å². The molecular formula is C28H22BrClN2O4S2. The Balaban J connectivity index is 1.70. The van der Waals surface area contributed by atoms with E-state index >= 15 is 0 Å². The lowest BCUT2D eigenvalue weighted by molar-refractivity contribution is 0.599. The van der Waals surface area contributed by atoms with E-state index in [1.54, 1.807) is 48.5 Å². The number of sulfonamides is 2. The highest BCUT2D eigenvalue weighted by Crippen LogP contribution is 2.26. The lowest BCUT2D eigenvalue weighted by Gasteiger charge is -2.11. The van der Waals surface area contributed by atoms with Crippen LogP contribution in [0.25, 0.3) is 0 Å². The second-order valence-electron chi connectivity index (χ2n) is 8.47. The standard InChI is InChI=1S/C28H22BrClN2O4S2/c1-19-3-11-25(12-4-19)37(33,34)31-27-15-9-23(29)17-21(27)7-8-22-18-24(30)10-16-28(22)32-38(35,36)26-13-5-20(2)6-14-26/h3-6,9-18,31-32H,1-2H3. The maximum Gasteiger partial charge on any atom is 0.261 e. The monoisotopic (exact) mass is 628 g/mol. The van der Waals surface area contributed by atoms with Gasteiger partial charge in [-0.1, -0.05) is 74.8 Å². The van der Waals surface area contributed by atoms with E-state index in [9.17, 15) is 16.8 Å². The van der Waals surface area contributed by atoms with Gasteiger partial charge in [-0.25, -0.2) is 16.8 Å². The first-order valence-corrected chi connectivity index (χ1v) is 15.4. The van der Waals surface area contributed by atoms with E-state index in [2.05, 4.69) is 37.2 Å². The molecule has 0 aromatic heterocycles. The molecule has 38 heavy (non-hydrogen) atoms. The quantitative estimate of drug-likeness (QED) is 0.232. The molecule has 0 unspecified atom stereocenters. The molecule has 0 amide bonds. The molecule has 0 aliphatic carbocycles. The summed E-state index contributed by atoms with van der Waals surface area (Å²) in [4.78, 5) is 0.226. The summed E-state index contributed by atoms with van der Waals surface area (Å²) in [6, 6.07) is 22.5. The zero-order valence-corrected chi connectivity index (χ0v) is 24.3. The van der Waals surface area contributed by atoms with Crippen molar-refractivity contribution in [2.45, 2.75) is 23.6 Å². The van der Waals surface area contributed by atoms with Crippen LogP contribution in [0.2, 0.25) is 5.02 Å². The average molecular weight is 630 g/mol. The number of anilines is 2. The van der Waals surface area contributed by atoms with Crippen LogP contribution in [0.5, 0.6) is 0 Å². The normalized spacial score (nSPS) is 11.4. The van der Waals surface area contributed by atoms with Crippen LogP contribution in [-0.4, -0.2) is 16.8 Å². The van der Waals surface area contributed by atoms with Gasteiger partial charge in [0.25, 0.3) is 20.0 Å². The zero-order valence-electron chi connectivity index (χ0n) is 20.3. The molecule has 2 N–H and O–H groups in total. The van der Waals surface area contributed by atoms with Crippen molar-refractivity contribution in [1.29, 1.82) is 0 Å². The number of halogens is 2. The summed E-state index contributed by atoms with van der Waals surface area (Å²) in [5.41, 5.74) is 3.08. The fraction of sp³-hybridized carbons (Fsp3) is 0.0714. The van der Waals surface area contributed by atoms with E-state index in [1.807, 2.05) is 13.8 Å². The van der Waals surface area contributed by atoms with E-state index in [0.29, 0.717) is 20.6 Å². The fourth-order valence-corrected chi connectivity index (χ4v) is 6.09. The summed E-state index contributed by atoms with van der Waals surface area (Å²) in [7, 11) is -7.75. The van der Waals surface area contributed by atoms with Crippen LogP contribution in [-0.2, 0) is 20.0 Å². The first kappa shape index (κ1) is 27.7. The minimum Gasteiger partial charge on any atom is -0.278 e. The van der Waals surface area contributed by atoms with Crippen LogP contribution < -0.4 is 9.44 Å². The number of nitrogens with one attached hydrogen (secondary N) is 2. The third-order valence-electron chi connectivity index (χ3n) is 5.45. The minimum absolute atomic E-state index is 0.108. The summed E-state index contributed by atoms with van der Waals surface area (Å²) in [6.45, 7) is 3.74. The van der Waals surface area contributed by atoms with Crippen molar-refractivity contribution in [3.05, 3.63) is 117 Å². The van der Waals surface area contributed by atoms with E-state index < -0.39 is 20.0 Å². The second kappa shape index (κ2) is 11.2. The van der Waals surface area contributed by atoms with E-state index in [0.717, 1.165) is 11.1 Å². The highest BCUT2D eigenvalue weighted by Gasteiger charge is 2.17. The van der Waals surface area contributed by atoms with Crippen molar-refractivity contribution in [3.8, 4) is 11.8 Å². The number of hydrogen-bond acceptors (Lipinski definition) is 4. The third-order valence-corrected chi connectivity index (χ3v) is 8.94. The first-order valence-electron chi connectivity index (χ1n) is 11.2. The van der Waals surface area contributed by atoms with Crippen molar-refractivity contribution >= 4 is 59.0 Å². The van der Waals surface area contributed by atoms with Crippen LogP contribution in [0.3, 0.4) is 0 Å². The maximum atomic E-state index is 13.0. The molecule has 0 radical (unpaired) electrons. The number of rotatable bonds is 6. The van der Waals surface area contributed by atoms with E-state index in [1.165, 1.54) is 36.4 Å². The van der Waals surface area contributed by atoms with Crippen molar-refractivity contribution < 1.29 is 16.8 Å². The highest BCUT2D eigenvalue weighted by atomic mass is 79.9. The summed E-state index contributed by atoms with van der Waals surface area (Å²) >= 11 is 9.58. The fourth-order valence-electron chi connectivity index (χ4n) is 3.39. The maximum absolute atomic E-state index is 13.0. The minimum atomic E-state index is -3.88. The van der Waals surface area contributed by atoms with Gasteiger partial charge in [0.15, 0.2) is 0 Å². The van der Waals surface area contributed by atoms with Crippen LogP contribution in [0, 0.1) is 25.7 Å². The summed E-state index contributed by atoms with van der Waals surface area (Å²) in [5.74, 6) is 5.89. The predicted octanol–water partition coefficient (Wildman–Crippen LogP) is 6.72. The van der Waals surface area contributed by atoms with Crippen LogP contribution >= 0.6 is 27.5 Å². The average Bonchev–Trinajstić information content (AvgIpc) is 2.86. The molecular weight excluding hydrogens is 608 g/mol. The van der Waals surface area contributed by atoms with Crippen molar-refractivity contribution in [2.24, 2.45) is 0 Å².